The molecule has 1 aromatic carbocycles. The van der Waals surface area contributed by atoms with Crippen molar-refractivity contribution in [2.24, 2.45) is 0 Å². The molecule has 2 aromatic rings. The van der Waals surface area contributed by atoms with Crippen LogP contribution >= 0.6 is 0 Å². The number of hydrogen-bond donors (Lipinski definition) is 1. The maximum absolute atomic E-state index is 13.5. The molecule has 0 radical (unpaired) electrons. The van der Waals surface area contributed by atoms with E-state index < -0.39 is 5.82 Å². The lowest BCUT2D eigenvalue weighted by atomic mass is 10.1. The Hall–Kier alpha value is -1.97. The molecular formula is C12H12FN3. The minimum absolute atomic E-state index is 0.0994. The van der Waals surface area contributed by atoms with E-state index in [1.807, 2.05) is 31.2 Å². The number of aryl methyl sites for hydroxylation is 1. The monoisotopic (exact) mass is 217 g/mol. The predicted octanol–water partition coefficient (Wildman–Crippen LogP) is 2.10. The van der Waals surface area contributed by atoms with Crippen molar-refractivity contribution in [3.63, 3.8) is 0 Å². The Bertz CT molecular complexity index is 511. The van der Waals surface area contributed by atoms with Gasteiger partial charge in [0.1, 0.15) is 6.33 Å². The first-order chi connectivity index (χ1) is 7.66. The summed E-state index contributed by atoms with van der Waals surface area (Å²) in [6.07, 6.45) is 1.71. The van der Waals surface area contributed by atoms with Crippen LogP contribution in [0.2, 0.25) is 0 Å². The molecule has 0 fully saturated rings. The van der Waals surface area contributed by atoms with Gasteiger partial charge in [0, 0.05) is 6.42 Å². The zero-order valence-corrected chi connectivity index (χ0v) is 8.94. The smallest absolute Gasteiger partial charge is 0.187 e. The molecule has 2 rings (SSSR count). The molecule has 0 aliphatic rings. The van der Waals surface area contributed by atoms with Gasteiger partial charge in [-0.05, 0) is 12.5 Å². The Labute approximate surface area is 93.2 Å². The summed E-state index contributed by atoms with van der Waals surface area (Å²) in [5, 5.41) is 0. The highest BCUT2D eigenvalue weighted by molar-refractivity contribution is 5.34. The van der Waals surface area contributed by atoms with Gasteiger partial charge in [0.2, 0.25) is 0 Å². The number of hydrogen-bond acceptors (Lipinski definition) is 3. The zero-order chi connectivity index (χ0) is 11.5. The van der Waals surface area contributed by atoms with Crippen molar-refractivity contribution in [2.75, 3.05) is 5.73 Å². The highest BCUT2D eigenvalue weighted by Crippen LogP contribution is 2.14. The van der Waals surface area contributed by atoms with Gasteiger partial charge in [0.05, 0.1) is 5.69 Å². The normalized spacial score (nSPS) is 10.4. The van der Waals surface area contributed by atoms with E-state index in [0.717, 1.165) is 11.1 Å². The standard InChI is InChI=1S/C12H12FN3/c1-8-3-2-4-9(5-8)6-10-11(13)12(14)16-7-15-10/h2-5,7H,6H2,1H3,(H2,14,15,16). The van der Waals surface area contributed by atoms with Crippen LogP contribution in [0.3, 0.4) is 0 Å². The van der Waals surface area contributed by atoms with E-state index in [1.165, 1.54) is 6.33 Å². The van der Waals surface area contributed by atoms with Gasteiger partial charge in [0.15, 0.2) is 11.6 Å². The minimum Gasteiger partial charge on any atom is -0.381 e. The number of nitrogens with two attached hydrogens (primary N) is 1. The molecule has 0 bridgehead atoms. The lowest BCUT2D eigenvalue weighted by Crippen LogP contribution is -2.03. The first kappa shape index (κ1) is 10.5. The van der Waals surface area contributed by atoms with Gasteiger partial charge < -0.3 is 5.73 Å². The highest BCUT2D eigenvalue weighted by atomic mass is 19.1. The third-order valence-electron chi connectivity index (χ3n) is 2.34. The highest BCUT2D eigenvalue weighted by Gasteiger charge is 2.08. The number of nitrogen functional groups attached to an aromatic ring is 1. The van der Waals surface area contributed by atoms with Crippen LogP contribution < -0.4 is 5.73 Å². The lowest BCUT2D eigenvalue weighted by Gasteiger charge is -2.04. The topological polar surface area (TPSA) is 51.8 Å². The maximum atomic E-state index is 13.5. The number of aromatic nitrogens is 2. The fraction of sp³-hybridized carbons (Fsp3) is 0.167. The minimum atomic E-state index is -0.524. The summed E-state index contributed by atoms with van der Waals surface area (Å²) in [7, 11) is 0. The summed E-state index contributed by atoms with van der Waals surface area (Å²) in [6.45, 7) is 1.99. The van der Waals surface area contributed by atoms with Crippen molar-refractivity contribution in [3.8, 4) is 0 Å². The molecule has 1 heterocycles. The molecule has 0 amide bonds. The summed E-state index contributed by atoms with van der Waals surface area (Å²) in [6, 6.07) is 7.86. The van der Waals surface area contributed by atoms with E-state index in [1.54, 1.807) is 0 Å². The molecule has 3 nitrogen and oxygen atoms in total. The number of anilines is 1. The van der Waals surface area contributed by atoms with E-state index in [0.29, 0.717) is 12.1 Å². The van der Waals surface area contributed by atoms with Crippen molar-refractivity contribution in [2.45, 2.75) is 13.3 Å². The Kier molecular flexibility index (Phi) is 2.81. The summed E-state index contributed by atoms with van der Waals surface area (Å²) < 4.78 is 13.5. The molecule has 0 aliphatic heterocycles. The Morgan fingerprint density at radius 1 is 1.31 bits per heavy atom. The van der Waals surface area contributed by atoms with Crippen molar-refractivity contribution < 1.29 is 4.39 Å². The largest absolute Gasteiger partial charge is 0.381 e. The molecule has 0 unspecified atom stereocenters. The zero-order valence-electron chi connectivity index (χ0n) is 8.94. The van der Waals surface area contributed by atoms with Crippen LogP contribution in [0.5, 0.6) is 0 Å². The number of nitrogens with zero attached hydrogens (tertiary/aromatic N) is 2. The summed E-state index contributed by atoms with van der Waals surface area (Å²) in [4.78, 5) is 7.49. The number of benzene rings is 1. The van der Waals surface area contributed by atoms with Crippen LogP contribution in [0.25, 0.3) is 0 Å². The molecule has 4 heteroatoms. The van der Waals surface area contributed by atoms with E-state index in [-0.39, 0.29) is 5.82 Å². The number of rotatable bonds is 2. The molecule has 0 saturated heterocycles. The summed E-state index contributed by atoms with van der Waals surface area (Å²) in [5.74, 6) is -0.623. The second-order valence-corrected chi connectivity index (χ2v) is 3.69. The van der Waals surface area contributed by atoms with Gasteiger partial charge in [-0.15, -0.1) is 0 Å². The van der Waals surface area contributed by atoms with Gasteiger partial charge in [-0.3, -0.25) is 0 Å². The summed E-state index contributed by atoms with van der Waals surface area (Å²) >= 11 is 0. The molecule has 0 saturated carbocycles. The van der Waals surface area contributed by atoms with Gasteiger partial charge >= 0.3 is 0 Å². The average molecular weight is 217 g/mol. The van der Waals surface area contributed by atoms with Crippen molar-refractivity contribution in [1.82, 2.24) is 9.97 Å². The molecule has 0 aliphatic carbocycles. The second-order valence-electron chi connectivity index (χ2n) is 3.69. The maximum Gasteiger partial charge on any atom is 0.187 e. The third kappa shape index (κ3) is 2.16. The van der Waals surface area contributed by atoms with Gasteiger partial charge in [0.25, 0.3) is 0 Å². The Morgan fingerprint density at radius 3 is 2.88 bits per heavy atom. The van der Waals surface area contributed by atoms with Crippen LogP contribution in [-0.4, -0.2) is 9.97 Å². The average Bonchev–Trinajstić information content (AvgIpc) is 2.25. The van der Waals surface area contributed by atoms with Crippen LogP contribution in [-0.2, 0) is 6.42 Å². The summed E-state index contributed by atoms with van der Waals surface area (Å²) in [5.41, 5.74) is 7.86. The van der Waals surface area contributed by atoms with E-state index in [4.69, 9.17) is 5.73 Å². The number of halogens is 1. The van der Waals surface area contributed by atoms with E-state index >= 15 is 0 Å². The molecule has 0 atom stereocenters. The second kappa shape index (κ2) is 4.26. The molecular weight excluding hydrogens is 205 g/mol. The van der Waals surface area contributed by atoms with Crippen LogP contribution in [0.15, 0.2) is 30.6 Å². The lowest BCUT2D eigenvalue weighted by molar-refractivity contribution is 0.601. The third-order valence-corrected chi connectivity index (χ3v) is 2.34. The first-order valence-corrected chi connectivity index (χ1v) is 4.97. The predicted molar refractivity (Wildman–Crippen MR) is 60.4 cm³/mol. The fourth-order valence-electron chi connectivity index (χ4n) is 1.56. The van der Waals surface area contributed by atoms with Crippen molar-refractivity contribution in [3.05, 3.63) is 53.2 Å². The Morgan fingerprint density at radius 2 is 2.12 bits per heavy atom. The first-order valence-electron chi connectivity index (χ1n) is 4.97. The van der Waals surface area contributed by atoms with Crippen LogP contribution in [0.1, 0.15) is 16.8 Å². The van der Waals surface area contributed by atoms with Gasteiger partial charge in [-0.2, -0.15) is 0 Å². The van der Waals surface area contributed by atoms with Crippen LogP contribution in [0.4, 0.5) is 10.2 Å². The molecule has 82 valence electrons. The molecule has 0 spiro atoms. The Balaban J connectivity index is 2.31. The molecule has 16 heavy (non-hydrogen) atoms. The van der Waals surface area contributed by atoms with Crippen molar-refractivity contribution in [1.29, 1.82) is 0 Å². The van der Waals surface area contributed by atoms with E-state index in [9.17, 15) is 4.39 Å². The van der Waals surface area contributed by atoms with Crippen LogP contribution in [0, 0.1) is 12.7 Å². The van der Waals surface area contributed by atoms with E-state index in [2.05, 4.69) is 9.97 Å². The van der Waals surface area contributed by atoms with Gasteiger partial charge in [-0.1, -0.05) is 29.8 Å². The SMILES string of the molecule is Cc1cccc(Cc2ncnc(N)c2F)c1. The van der Waals surface area contributed by atoms with Gasteiger partial charge in [-0.25, -0.2) is 14.4 Å². The quantitative estimate of drug-likeness (QED) is 0.838. The molecule has 2 N–H and O–H groups in total. The fourth-order valence-corrected chi connectivity index (χ4v) is 1.56. The van der Waals surface area contributed by atoms with Crippen molar-refractivity contribution >= 4 is 5.82 Å². The molecule has 1 aromatic heterocycles.